The van der Waals surface area contributed by atoms with Crippen LogP contribution >= 0.6 is 11.8 Å². The molecular formula is C16H27NO2S2. The molecule has 120 valence electrons. The fourth-order valence-corrected chi connectivity index (χ4v) is 4.02. The van der Waals surface area contributed by atoms with E-state index in [2.05, 4.69) is 43.4 Å². The smallest absolute Gasteiger partial charge is 0.153 e. The average Bonchev–Trinajstić information content (AvgIpc) is 2.40. The highest BCUT2D eigenvalue weighted by molar-refractivity contribution is 8.00. The van der Waals surface area contributed by atoms with Crippen molar-refractivity contribution in [3.05, 3.63) is 29.8 Å². The summed E-state index contributed by atoms with van der Waals surface area (Å²) in [5.74, 6) is 1.51. The second kappa shape index (κ2) is 8.81. The summed E-state index contributed by atoms with van der Waals surface area (Å²) < 4.78 is 23.5. The fraction of sp³-hybridized carbons (Fsp3) is 0.625. The van der Waals surface area contributed by atoms with Crippen LogP contribution in [0.1, 0.15) is 33.3 Å². The summed E-state index contributed by atoms with van der Waals surface area (Å²) in [6.45, 7) is 9.75. The van der Waals surface area contributed by atoms with Gasteiger partial charge in [-0.15, -0.1) is 11.8 Å². The molecule has 0 bridgehead atoms. The zero-order chi connectivity index (χ0) is 15.9. The second-order valence-corrected chi connectivity index (χ2v) is 9.78. The monoisotopic (exact) mass is 329 g/mol. The maximum absolute atomic E-state index is 11.7. The van der Waals surface area contributed by atoms with Crippen LogP contribution < -0.4 is 5.32 Å². The third-order valence-corrected chi connectivity index (χ3v) is 6.64. The van der Waals surface area contributed by atoms with Gasteiger partial charge >= 0.3 is 0 Å². The van der Waals surface area contributed by atoms with Crippen molar-refractivity contribution >= 4 is 21.6 Å². The molecule has 21 heavy (non-hydrogen) atoms. The van der Waals surface area contributed by atoms with Crippen molar-refractivity contribution in [2.24, 2.45) is 5.92 Å². The Balaban J connectivity index is 2.38. The lowest BCUT2D eigenvalue weighted by Crippen LogP contribution is -2.19. The van der Waals surface area contributed by atoms with Crippen molar-refractivity contribution in [3.63, 3.8) is 0 Å². The quantitative estimate of drug-likeness (QED) is 0.706. The SMILES string of the molecule is CC(C)CNCc1ccc(SCCS(=O)(=O)C(C)C)cc1. The minimum atomic E-state index is -2.93. The molecule has 1 rings (SSSR count). The van der Waals surface area contributed by atoms with Crippen LogP contribution in [0, 0.1) is 5.92 Å². The maximum atomic E-state index is 11.7. The third-order valence-electron chi connectivity index (χ3n) is 3.16. The van der Waals surface area contributed by atoms with Crippen molar-refractivity contribution in [1.29, 1.82) is 0 Å². The molecule has 0 saturated carbocycles. The number of sulfone groups is 1. The van der Waals surface area contributed by atoms with E-state index in [0.29, 0.717) is 11.7 Å². The topological polar surface area (TPSA) is 46.2 Å². The number of hydrogen-bond acceptors (Lipinski definition) is 4. The summed E-state index contributed by atoms with van der Waals surface area (Å²) in [5, 5.41) is 3.13. The number of hydrogen-bond donors (Lipinski definition) is 1. The zero-order valence-electron chi connectivity index (χ0n) is 13.4. The molecule has 0 spiro atoms. The van der Waals surface area contributed by atoms with Crippen molar-refractivity contribution < 1.29 is 8.42 Å². The van der Waals surface area contributed by atoms with E-state index < -0.39 is 9.84 Å². The Labute approximate surface area is 133 Å². The zero-order valence-corrected chi connectivity index (χ0v) is 15.1. The molecular weight excluding hydrogens is 302 g/mol. The minimum absolute atomic E-state index is 0.243. The molecule has 0 saturated heterocycles. The van der Waals surface area contributed by atoms with E-state index in [1.165, 1.54) is 5.56 Å². The van der Waals surface area contributed by atoms with Crippen molar-refractivity contribution in [2.45, 2.75) is 44.4 Å². The molecule has 1 N–H and O–H groups in total. The summed E-state index contributed by atoms with van der Waals surface area (Å²) in [4.78, 5) is 1.13. The molecule has 0 unspecified atom stereocenters. The molecule has 0 aliphatic heterocycles. The first-order chi connectivity index (χ1) is 9.81. The van der Waals surface area contributed by atoms with Crippen LogP contribution in [0.25, 0.3) is 0 Å². The predicted octanol–water partition coefficient (Wildman–Crippen LogP) is 3.35. The van der Waals surface area contributed by atoms with Gasteiger partial charge in [0.2, 0.25) is 0 Å². The van der Waals surface area contributed by atoms with Crippen molar-refractivity contribution in [2.75, 3.05) is 18.1 Å². The first-order valence-corrected chi connectivity index (χ1v) is 10.2. The molecule has 1 aromatic rings. The molecule has 0 atom stereocenters. The Morgan fingerprint density at radius 1 is 1.10 bits per heavy atom. The van der Waals surface area contributed by atoms with Gasteiger partial charge in [-0.3, -0.25) is 0 Å². The third kappa shape index (κ3) is 7.34. The average molecular weight is 330 g/mol. The van der Waals surface area contributed by atoms with Gasteiger partial charge < -0.3 is 5.32 Å². The summed E-state index contributed by atoms with van der Waals surface area (Å²) >= 11 is 1.60. The van der Waals surface area contributed by atoms with Gasteiger partial charge in [-0.25, -0.2) is 8.42 Å². The van der Waals surface area contributed by atoms with Crippen LogP contribution in [0.15, 0.2) is 29.2 Å². The van der Waals surface area contributed by atoms with E-state index in [1.807, 2.05) is 0 Å². The van der Waals surface area contributed by atoms with Crippen LogP contribution in [-0.2, 0) is 16.4 Å². The Hall–Kier alpha value is -0.520. The van der Waals surface area contributed by atoms with Gasteiger partial charge in [-0.1, -0.05) is 26.0 Å². The molecule has 0 fully saturated rings. The van der Waals surface area contributed by atoms with Gasteiger partial charge in [-0.2, -0.15) is 0 Å². The summed E-state index contributed by atoms with van der Waals surface area (Å²) in [5.41, 5.74) is 1.26. The van der Waals surface area contributed by atoms with Crippen LogP contribution in [0.2, 0.25) is 0 Å². The van der Waals surface area contributed by atoms with E-state index in [9.17, 15) is 8.42 Å². The molecule has 3 nitrogen and oxygen atoms in total. The lowest BCUT2D eigenvalue weighted by atomic mass is 10.2. The fourth-order valence-electron chi connectivity index (χ4n) is 1.72. The van der Waals surface area contributed by atoms with E-state index >= 15 is 0 Å². The standard InChI is InChI=1S/C16H27NO2S2/c1-13(2)11-17-12-15-5-7-16(8-6-15)20-9-10-21(18,19)14(3)4/h5-8,13-14,17H,9-12H2,1-4H3. The van der Waals surface area contributed by atoms with E-state index in [4.69, 9.17) is 0 Å². The first kappa shape index (κ1) is 18.5. The highest BCUT2D eigenvalue weighted by Gasteiger charge is 2.15. The summed E-state index contributed by atoms with van der Waals surface area (Å²) in [6.07, 6.45) is 0. The van der Waals surface area contributed by atoms with E-state index in [1.54, 1.807) is 25.6 Å². The van der Waals surface area contributed by atoms with Gasteiger partial charge in [0.05, 0.1) is 11.0 Å². The second-order valence-electron chi connectivity index (χ2n) is 5.93. The largest absolute Gasteiger partial charge is 0.312 e. The minimum Gasteiger partial charge on any atom is -0.312 e. The van der Waals surface area contributed by atoms with Crippen molar-refractivity contribution in [1.82, 2.24) is 5.32 Å². The number of benzene rings is 1. The highest BCUT2D eigenvalue weighted by Crippen LogP contribution is 2.19. The Morgan fingerprint density at radius 3 is 2.24 bits per heavy atom. The first-order valence-electron chi connectivity index (χ1n) is 7.45. The molecule has 0 radical (unpaired) electrons. The molecule has 5 heteroatoms. The lowest BCUT2D eigenvalue weighted by Gasteiger charge is -2.09. The van der Waals surface area contributed by atoms with Crippen LogP contribution in [0.5, 0.6) is 0 Å². The van der Waals surface area contributed by atoms with Gasteiger partial charge in [0.1, 0.15) is 0 Å². The van der Waals surface area contributed by atoms with Gasteiger partial charge in [-0.05, 0) is 44.0 Å². The van der Waals surface area contributed by atoms with Gasteiger partial charge in [0.15, 0.2) is 9.84 Å². The molecule has 1 aromatic carbocycles. The number of thioether (sulfide) groups is 1. The molecule has 0 heterocycles. The number of rotatable bonds is 9. The molecule has 0 aliphatic carbocycles. The van der Waals surface area contributed by atoms with E-state index in [-0.39, 0.29) is 11.0 Å². The normalized spacial score (nSPS) is 12.3. The Bertz CT molecular complexity index is 508. The lowest BCUT2D eigenvalue weighted by molar-refractivity contribution is 0.552. The molecule has 0 amide bonds. The molecule has 0 aromatic heterocycles. The molecule has 0 aliphatic rings. The van der Waals surface area contributed by atoms with Gasteiger partial charge in [0.25, 0.3) is 0 Å². The Morgan fingerprint density at radius 2 is 1.71 bits per heavy atom. The summed E-state index contributed by atoms with van der Waals surface area (Å²) in [6, 6.07) is 8.34. The number of nitrogens with one attached hydrogen (secondary N) is 1. The van der Waals surface area contributed by atoms with Crippen LogP contribution in [0.4, 0.5) is 0 Å². The van der Waals surface area contributed by atoms with Gasteiger partial charge in [0, 0.05) is 17.2 Å². The highest BCUT2D eigenvalue weighted by atomic mass is 32.2. The maximum Gasteiger partial charge on any atom is 0.153 e. The summed E-state index contributed by atoms with van der Waals surface area (Å²) in [7, 11) is -2.93. The Kier molecular flexibility index (Phi) is 7.77. The van der Waals surface area contributed by atoms with Crippen molar-refractivity contribution in [3.8, 4) is 0 Å². The van der Waals surface area contributed by atoms with E-state index in [0.717, 1.165) is 18.0 Å². The van der Waals surface area contributed by atoms with Crippen LogP contribution in [-0.4, -0.2) is 31.7 Å². The predicted molar refractivity (Wildman–Crippen MR) is 92.6 cm³/mol. The van der Waals surface area contributed by atoms with Crippen LogP contribution in [0.3, 0.4) is 0 Å².